The number of aryl methyl sites for hydroxylation is 2. The maximum absolute atomic E-state index is 12.8. The number of nitrogens with zero attached hydrogens (tertiary/aromatic N) is 2. The molecule has 1 aromatic carbocycles. The number of hydrogen-bond acceptors (Lipinski definition) is 5. The third-order valence-corrected chi connectivity index (χ3v) is 5.57. The average Bonchev–Trinajstić information content (AvgIpc) is 3.02. The van der Waals surface area contributed by atoms with Crippen molar-refractivity contribution >= 4 is 17.2 Å². The molecule has 1 amide bonds. The fourth-order valence-corrected chi connectivity index (χ4v) is 3.89. The summed E-state index contributed by atoms with van der Waals surface area (Å²) in [5.74, 6) is 1.30. The van der Waals surface area contributed by atoms with Crippen LogP contribution >= 0.6 is 11.3 Å². The van der Waals surface area contributed by atoms with Gasteiger partial charge in [0.05, 0.1) is 19.4 Å². The van der Waals surface area contributed by atoms with Crippen molar-refractivity contribution in [2.24, 2.45) is 5.92 Å². The van der Waals surface area contributed by atoms with Crippen LogP contribution in [0.5, 0.6) is 10.9 Å². The summed E-state index contributed by atoms with van der Waals surface area (Å²) in [6.45, 7) is 6.07. The van der Waals surface area contributed by atoms with Gasteiger partial charge in [-0.05, 0) is 38.8 Å². The summed E-state index contributed by atoms with van der Waals surface area (Å²) < 4.78 is 11.1. The van der Waals surface area contributed by atoms with Crippen molar-refractivity contribution < 1.29 is 14.3 Å². The molecule has 0 saturated carbocycles. The zero-order valence-corrected chi connectivity index (χ0v) is 15.8. The van der Waals surface area contributed by atoms with Crippen LogP contribution in [0.4, 0.5) is 0 Å². The Morgan fingerprint density at radius 1 is 1.32 bits per heavy atom. The minimum Gasteiger partial charge on any atom is -0.493 e. The monoisotopic (exact) mass is 360 g/mol. The zero-order chi connectivity index (χ0) is 17.8. The molecule has 0 unspecified atom stereocenters. The van der Waals surface area contributed by atoms with Crippen molar-refractivity contribution in [2.45, 2.75) is 26.7 Å². The van der Waals surface area contributed by atoms with E-state index in [1.54, 1.807) is 7.11 Å². The molecule has 0 bridgehead atoms. The molecule has 0 aliphatic carbocycles. The van der Waals surface area contributed by atoms with Gasteiger partial charge in [0, 0.05) is 19.0 Å². The molecule has 25 heavy (non-hydrogen) atoms. The van der Waals surface area contributed by atoms with E-state index < -0.39 is 0 Å². The van der Waals surface area contributed by atoms with Crippen molar-refractivity contribution in [2.75, 3.05) is 26.8 Å². The smallest absolute Gasteiger partial charge is 0.273 e. The Balaban J connectivity index is 1.59. The molecule has 0 spiro atoms. The van der Waals surface area contributed by atoms with Crippen LogP contribution in [0.3, 0.4) is 0 Å². The molecule has 5 nitrogen and oxygen atoms in total. The van der Waals surface area contributed by atoms with Gasteiger partial charge in [-0.2, -0.15) is 0 Å². The second-order valence-corrected chi connectivity index (χ2v) is 7.44. The second kappa shape index (κ2) is 7.87. The van der Waals surface area contributed by atoms with Crippen LogP contribution in [0, 0.1) is 19.8 Å². The molecule has 3 rings (SSSR count). The van der Waals surface area contributed by atoms with Crippen molar-refractivity contribution in [1.29, 1.82) is 0 Å². The Morgan fingerprint density at radius 3 is 2.76 bits per heavy atom. The average molecular weight is 360 g/mol. The van der Waals surface area contributed by atoms with E-state index in [0.717, 1.165) is 37.4 Å². The highest BCUT2D eigenvalue weighted by molar-refractivity contribution is 7.15. The van der Waals surface area contributed by atoms with Crippen molar-refractivity contribution in [1.82, 2.24) is 9.88 Å². The minimum atomic E-state index is 0.0540. The lowest BCUT2D eigenvalue weighted by atomic mass is 9.98. The number of ether oxygens (including phenoxy) is 2. The number of carbonyl (C=O) groups excluding carboxylic acids is 1. The topological polar surface area (TPSA) is 51.7 Å². The number of amides is 1. The van der Waals surface area contributed by atoms with Crippen LogP contribution < -0.4 is 9.47 Å². The molecule has 1 aliphatic rings. The number of carbonyl (C=O) groups is 1. The first-order valence-electron chi connectivity index (χ1n) is 8.57. The minimum absolute atomic E-state index is 0.0540. The molecule has 2 heterocycles. The fourth-order valence-electron chi connectivity index (χ4n) is 3.04. The number of benzene rings is 1. The molecule has 1 aliphatic heterocycles. The number of thiazole rings is 1. The largest absolute Gasteiger partial charge is 0.493 e. The number of rotatable bonds is 5. The van der Waals surface area contributed by atoms with Crippen molar-refractivity contribution in [3.05, 3.63) is 40.4 Å². The second-order valence-electron chi connectivity index (χ2n) is 6.48. The van der Waals surface area contributed by atoms with E-state index in [9.17, 15) is 4.79 Å². The molecular weight excluding hydrogens is 336 g/mol. The molecule has 0 radical (unpaired) electrons. The van der Waals surface area contributed by atoms with Crippen LogP contribution in [-0.2, 0) is 0 Å². The van der Waals surface area contributed by atoms with Gasteiger partial charge < -0.3 is 14.4 Å². The Labute approximate surface area is 152 Å². The molecular formula is C19H24N2O3S. The van der Waals surface area contributed by atoms with E-state index in [-0.39, 0.29) is 5.91 Å². The van der Waals surface area contributed by atoms with Crippen molar-refractivity contribution in [3.63, 3.8) is 0 Å². The fraction of sp³-hybridized carbons (Fsp3) is 0.474. The van der Waals surface area contributed by atoms with E-state index in [0.29, 0.717) is 22.6 Å². The highest BCUT2D eigenvalue weighted by Gasteiger charge is 2.27. The Kier molecular flexibility index (Phi) is 5.58. The Hall–Kier alpha value is -2.08. The molecule has 1 fully saturated rings. The lowest BCUT2D eigenvalue weighted by Crippen LogP contribution is -2.41. The zero-order valence-electron chi connectivity index (χ0n) is 14.9. The van der Waals surface area contributed by atoms with Gasteiger partial charge in [0.2, 0.25) is 0 Å². The number of methoxy groups -OCH3 is 1. The first-order chi connectivity index (χ1) is 12.1. The molecule has 1 aromatic heterocycles. The third kappa shape index (κ3) is 4.31. The maximum Gasteiger partial charge on any atom is 0.273 e. The molecule has 1 atom stereocenters. The molecule has 2 aromatic rings. The quantitative estimate of drug-likeness (QED) is 0.816. The highest BCUT2D eigenvalue weighted by Crippen LogP contribution is 2.27. The van der Waals surface area contributed by atoms with Crippen LogP contribution in [0.25, 0.3) is 0 Å². The van der Waals surface area contributed by atoms with E-state index >= 15 is 0 Å². The van der Waals surface area contributed by atoms with E-state index in [2.05, 4.69) is 11.9 Å². The summed E-state index contributed by atoms with van der Waals surface area (Å²) in [6.07, 6.45) is 2.09. The van der Waals surface area contributed by atoms with Gasteiger partial charge >= 0.3 is 0 Å². The van der Waals surface area contributed by atoms with E-state index in [1.807, 2.05) is 36.1 Å². The standard InChI is InChI=1S/C19H24N2O3S/c1-13-6-8-16(9-7-13)24-12-15-5-4-10-21(11-15)18(22)17-14(2)20-19(23-3)25-17/h6-9,15H,4-5,10-12H2,1-3H3/t15-/m1/s1. The SMILES string of the molecule is COc1nc(C)c(C(=O)N2CCC[C@@H](COc3ccc(C)cc3)C2)s1. The van der Waals surface area contributed by atoms with Gasteiger partial charge in [0.15, 0.2) is 0 Å². The summed E-state index contributed by atoms with van der Waals surface area (Å²) in [4.78, 5) is 19.7. The molecule has 0 N–H and O–H groups in total. The normalized spacial score (nSPS) is 17.4. The predicted molar refractivity (Wildman–Crippen MR) is 98.7 cm³/mol. The van der Waals surface area contributed by atoms with Gasteiger partial charge in [-0.3, -0.25) is 4.79 Å². The first kappa shape index (κ1) is 17.7. The third-order valence-electron chi connectivity index (χ3n) is 4.46. The summed E-state index contributed by atoms with van der Waals surface area (Å²) >= 11 is 1.32. The van der Waals surface area contributed by atoms with Gasteiger partial charge in [0.25, 0.3) is 11.1 Å². The summed E-state index contributed by atoms with van der Waals surface area (Å²) in [5, 5.41) is 0.539. The van der Waals surface area contributed by atoms with Crippen LogP contribution in [0.15, 0.2) is 24.3 Å². The van der Waals surface area contributed by atoms with Gasteiger partial charge in [-0.25, -0.2) is 4.98 Å². The van der Waals surface area contributed by atoms with Crippen molar-refractivity contribution in [3.8, 4) is 10.9 Å². The molecule has 6 heteroatoms. The van der Waals surface area contributed by atoms with Crippen LogP contribution in [-0.4, -0.2) is 42.6 Å². The predicted octanol–water partition coefficient (Wildman–Crippen LogP) is 3.70. The van der Waals surface area contributed by atoms with Gasteiger partial charge in [-0.15, -0.1) is 0 Å². The van der Waals surface area contributed by atoms with Crippen LogP contribution in [0.2, 0.25) is 0 Å². The number of hydrogen-bond donors (Lipinski definition) is 0. The van der Waals surface area contributed by atoms with E-state index in [4.69, 9.17) is 9.47 Å². The molecule has 1 saturated heterocycles. The lowest BCUT2D eigenvalue weighted by molar-refractivity contribution is 0.0637. The first-order valence-corrected chi connectivity index (χ1v) is 9.38. The summed E-state index contributed by atoms with van der Waals surface area (Å²) in [6, 6.07) is 8.08. The summed E-state index contributed by atoms with van der Waals surface area (Å²) in [7, 11) is 1.58. The van der Waals surface area contributed by atoms with Gasteiger partial charge in [0.1, 0.15) is 10.6 Å². The van der Waals surface area contributed by atoms with Gasteiger partial charge in [-0.1, -0.05) is 29.0 Å². The van der Waals surface area contributed by atoms with E-state index in [1.165, 1.54) is 16.9 Å². The number of aromatic nitrogens is 1. The molecule has 134 valence electrons. The summed E-state index contributed by atoms with van der Waals surface area (Å²) in [5.41, 5.74) is 1.96. The maximum atomic E-state index is 12.8. The Bertz CT molecular complexity index is 727. The number of likely N-dealkylation sites (tertiary alicyclic amines) is 1. The van der Waals surface area contributed by atoms with Crippen LogP contribution in [0.1, 0.15) is 33.8 Å². The highest BCUT2D eigenvalue weighted by atomic mass is 32.1. The Morgan fingerprint density at radius 2 is 2.08 bits per heavy atom. The lowest BCUT2D eigenvalue weighted by Gasteiger charge is -2.32. The number of piperidine rings is 1.